The maximum atomic E-state index is 8.90. The average molecular weight is 266 g/mol. The van der Waals surface area contributed by atoms with Crippen molar-refractivity contribution in [3.63, 3.8) is 0 Å². The molecule has 2 aromatic rings. The summed E-state index contributed by atoms with van der Waals surface area (Å²) >= 11 is 0. The van der Waals surface area contributed by atoms with Crippen molar-refractivity contribution < 1.29 is 4.74 Å². The molecule has 2 rings (SSSR count). The molecule has 0 saturated carbocycles. The predicted molar refractivity (Wildman–Crippen MR) is 80.8 cm³/mol. The minimum Gasteiger partial charge on any atom is -0.494 e. The highest BCUT2D eigenvalue weighted by atomic mass is 16.5. The fraction of sp³-hybridized carbons (Fsp3) is 0.235. The highest BCUT2D eigenvalue weighted by Gasteiger charge is 2.06. The second-order valence-corrected chi connectivity index (χ2v) is 4.56. The van der Waals surface area contributed by atoms with E-state index in [-0.39, 0.29) is 6.04 Å². The van der Waals surface area contributed by atoms with Crippen LogP contribution in [0.2, 0.25) is 0 Å². The lowest BCUT2D eigenvalue weighted by Gasteiger charge is -2.16. The second kappa shape index (κ2) is 6.63. The van der Waals surface area contributed by atoms with Gasteiger partial charge >= 0.3 is 0 Å². The van der Waals surface area contributed by atoms with E-state index in [0.717, 1.165) is 11.4 Å². The van der Waals surface area contributed by atoms with Crippen molar-refractivity contribution in [3.05, 3.63) is 59.7 Å². The van der Waals surface area contributed by atoms with Crippen molar-refractivity contribution >= 4 is 5.69 Å². The Morgan fingerprint density at radius 3 is 2.60 bits per heavy atom. The monoisotopic (exact) mass is 266 g/mol. The molecule has 1 atom stereocenters. The van der Waals surface area contributed by atoms with Crippen LogP contribution < -0.4 is 10.1 Å². The third kappa shape index (κ3) is 3.52. The van der Waals surface area contributed by atoms with Crippen LogP contribution in [0.1, 0.15) is 31.0 Å². The van der Waals surface area contributed by atoms with E-state index in [1.807, 2.05) is 37.3 Å². The standard InChI is InChI=1S/C17H18N2O/c1-3-20-17-9-7-15(8-10-17)13(2)19-16-6-4-5-14(11-16)12-18/h4-11,13,19H,3H2,1-2H3. The lowest BCUT2D eigenvalue weighted by molar-refractivity contribution is 0.340. The van der Waals surface area contributed by atoms with Crippen LogP contribution in [0.25, 0.3) is 0 Å². The highest BCUT2D eigenvalue weighted by molar-refractivity contribution is 5.50. The first-order valence-corrected chi connectivity index (χ1v) is 6.72. The normalized spacial score (nSPS) is 11.4. The summed E-state index contributed by atoms with van der Waals surface area (Å²) < 4.78 is 5.43. The van der Waals surface area contributed by atoms with Crippen molar-refractivity contribution in [2.24, 2.45) is 0 Å². The maximum Gasteiger partial charge on any atom is 0.119 e. The summed E-state index contributed by atoms with van der Waals surface area (Å²) in [6.45, 7) is 4.74. The molecule has 0 radical (unpaired) electrons. The van der Waals surface area contributed by atoms with Crippen molar-refractivity contribution in [3.8, 4) is 11.8 Å². The molecular weight excluding hydrogens is 248 g/mol. The molecule has 0 aliphatic heterocycles. The van der Waals surface area contributed by atoms with E-state index < -0.39 is 0 Å². The first kappa shape index (κ1) is 14.0. The lowest BCUT2D eigenvalue weighted by atomic mass is 10.1. The van der Waals surface area contributed by atoms with E-state index >= 15 is 0 Å². The molecule has 0 bridgehead atoms. The number of hydrogen-bond donors (Lipinski definition) is 1. The van der Waals surface area contributed by atoms with Crippen LogP contribution >= 0.6 is 0 Å². The molecule has 0 aliphatic carbocycles. The average Bonchev–Trinajstić information content (AvgIpc) is 2.48. The Labute approximate surface area is 119 Å². The molecule has 3 nitrogen and oxygen atoms in total. The summed E-state index contributed by atoms with van der Waals surface area (Å²) in [7, 11) is 0. The predicted octanol–water partition coefficient (Wildman–Crippen LogP) is 4.13. The van der Waals surface area contributed by atoms with Gasteiger partial charge in [-0.25, -0.2) is 0 Å². The molecular formula is C17H18N2O. The zero-order valence-corrected chi connectivity index (χ0v) is 11.8. The Morgan fingerprint density at radius 2 is 1.95 bits per heavy atom. The fourth-order valence-electron chi connectivity index (χ4n) is 2.03. The quantitative estimate of drug-likeness (QED) is 0.885. The van der Waals surface area contributed by atoms with Crippen LogP contribution in [0, 0.1) is 11.3 Å². The van der Waals surface area contributed by atoms with E-state index in [2.05, 4.69) is 30.4 Å². The van der Waals surface area contributed by atoms with Gasteiger partial charge in [0.2, 0.25) is 0 Å². The van der Waals surface area contributed by atoms with Gasteiger partial charge < -0.3 is 10.1 Å². The van der Waals surface area contributed by atoms with Gasteiger partial charge in [-0.15, -0.1) is 0 Å². The van der Waals surface area contributed by atoms with Gasteiger partial charge in [0.15, 0.2) is 0 Å². The number of ether oxygens (including phenoxy) is 1. The van der Waals surface area contributed by atoms with Crippen LogP contribution in [-0.2, 0) is 0 Å². The Hall–Kier alpha value is -2.47. The molecule has 3 heteroatoms. The maximum absolute atomic E-state index is 8.90. The number of hydrogen-bond acceptors (Lipinski definition) is 3. The van der Waals surface area contributed by atoms with Crippen molar-refractivity contribution in [1.82, 2.24) is 0 Å². The van der Waals surface area contributed by atoms with E-state index in [4.69, 9.17) is 10.00 Å². The second-order valence-electron chi connectivity index (χ2n) is 4.56. The topological polar surface area (TPSA) is 45.0 Å². The van der Waals surface area contributed by atoms with Gasteiger partial charge in [0.05, 0.1) is 18.2 Å². The van der Waals surface area contributed by atoms with Crippen LogP contribution in [0.4, 0.5) is 5.69 Å². The third-order valence-electron chi connectivity index (χ3n) is 3.07. The molecule has 0 spiro atoms. The first-order chi connectivity index (χ1) is 9.72. The van der Waals surface area contributed by atoms with Crippen LogP contribution in [0.3, 0.4) is 0 Å². The highest BCUT2D eigenvalue weighted by Crippen LogP contribution is 2.22. The number of anilines is 1. The number of nitrogens with zero attached hydrogens (tertiary/aromatic N) is 1. The molecule has 0 aromatic heterocycles. The van der Waals surface area contributed by atoms with Gasteiger partial charge in [-0.1, -0.05) is 18.2 Å². The molecule has 20 heavy (non-hydrogen) atoms. The Kier molecular flexibility index (Phi) is 4.62. The summed E-state index contributed by atoms with van der Waals surface area (Å²) in [5.41, 5.74) is 2.79. The van der Waals surface area contributed by atoms with E-state index in [1.165, 1.54) is 5.56 Å². The zero-order chi connectivity index (χ0) is 14.4. The Balaban J connectivity index is 2.07. The molecule has 1 unspecified atom stereocenters. The van der Waals surface area contributed by atoms with Gasteiger partial charge in [-0.05, 0) is 49.7 Å². The summed E-state index contributed by atoms with van der Waals surface area (Å²) in [4.78, 5) is 0. The largest absolute Gasteiger partial charge is 0.494 e. The molecule has 1 N–H and O–H groups in total. The molecule has 0 fully saturated rings. The fourth-order valence-corrected chi connectivity index (χ4v) is 2.03. The Morgan fingerprint density at radius 1 is 1.20 bits per heavy atom. The number of rotatable bonds is 5. The third-order valence-corrected chi connectivity index (χ3v) is 3.07. The van der Waals surface area contributed by atoms with Crippen LogP contribution in [0.15, 0.2) is 48.5 Å². The van der Waals surface area contributed by atoms with Crippen molar-refractivity contribution in [2.75, 3.05) is 11.9 Å². The molecule has 0 amide bonds. The summed E-state index contributed by atoms with van der Waals surface area (Å²) in [5, 5.41) is 12.3. The molecule has 0 aliphatic rings. The zero-order valence-electron chi connectivity index (χ0n) is 11.8. The van der Waals surface area contributed by atoms with Crippen molar-refractivity contribution in [2.45, 2.75) is 19.9 Å². The van der Waals surface area contributed by atoms with E-state index in [1.54, 1.807) is 6.07 Å². The van der Waals surface area contributed by atoms with Gasteiger partial charge in [0.25, 0.3) is 0 Å². The van der Waals surface area contributed by atoms with E-state index in [9.17, 15) is 0 Å². The number of benzene rings is 2. The molecule has 0 heterocycles. The summed E-state index contributed by atoms with van der Waals surface area (Å²) in [6.07, 6.45) is 0. The number of nitriles is 1. The molecule has 2 aromatic carbocycles. The lowest BCUT2D eigenvalue weighted by Crippen LogP contribution is -2.06. The van der Waals surface area contributed by atoms with Gasteiger partial charge in [-0.2, -0.15) is 5.26 Å². The van der Waals surface area contributed by atoms with Gasteiger partial charge in [-0.3, -0.25) is 0 Å². The van der Waals surface area contributed by atoms with E-state index in [0.29, 0.717) is 12.2 Å². The van der Waals surface area contributed by atoms with Crippen molar-refractivity contribution in [1.29, 1.82) is 5.26 Å². The molecule has 102 valence electrons. The minimum atomic E-state index is 0.166. The van der Waals surface area contributed by atoms with Gasteiger partial charge in [0, 0.05) is 11.7 Å². The minimum absolute atomic E-state index is 0.166. The SMILES string of the molecule is CCOc1ccc(C(C)Nc2cccc(C#N)c2)cc1. The summed E-state index contributed by atoms with van der Waals surface area (Å²) in [5.74, 6) is 0.884. The van der Waals surface area contributed by atoms with Crippen LogP contribution in [0.5, 0.6) is 5.75 Å². The first-order valence-electron chi connectivity index (χ1n) is 6.72. The Bertz CT molecular complexity index is 599. The summed E-state index contributed by atoms with van der Waals surface area (Å²) in [6, 6.07) is 17.9. The van der Waals surface area contributed by atoms with Gasteiger partial charge in [0.1, 0.15) is 5.75 Å². The smallest absolute Gasteiger partial charge is 0.119 e. The van der Waals surface area contributed by atoms with Crippen LogP contribution in [-0.4, -0.2) is 6.61 Å². The number of nitrogens with one attached hydrogen (secondary N) is 1. The molecule has 0 saturated heterocycles.